The van der Waals surface area contributed by atoms with E-state index in [0.29, 0.717) is 12.3 Å². The molecule has 0 spiro atoms. The van der Waals surface area contributed by atoms with Gasteiger partial charge in [-0.15, -0.1) is 0 Å². The standard InChI is InChI=1S/C11H13N3O3/c1-2-13-10(15)6-9(12)14(11(13)16)7-8-4-3-5-17-8/h3-6H,2,7,12H2,1H3. The van der Waals surface area contributed by atoms with Crippen molar-refractivity contribution in [2.75, 3.05) is 5.73 Å². The van der Waals surface area contributed by atoms with Crippen molar-refractivity contribution >= 4 is 5.82 Å². The van der Waals surface area contributed by atoms with Crippen LogP contribution in [0.3, 0.4) is 0 Å². The molecule has 0 aromatic carbocycles. The first-order valence-electron chi connectivity index (χ1n) is 5.26. The van der Waals surface area contributed by atoms with Gasteiger partial charge in [0.25, 0.3) is 5.56 Å². The van der Waals surface area contributed by atoms with Crippen molar-refractivity contribution in [1.82, 2.24) is 9.13 Å². The molecule has 0 atom stereocenters. The van der Waals surface area contributed by atoms with Crippen molar-refractivity contribution in [3.63, 3.8) is 0 Å². The van der Waals surface area contributed by atoms with Crippen molar-refractivity contribution in [3.8, 4) is 0 Å². The van der Waals surface area contributed by atoms with Crippen LogP contribution in [0.15, 0.2) is 38.5 Å². The van der Waals surface area contributed by atoms with Gasteiger partial charge >= 0.3 is 5.69 Å². The second kappa shape index (κ2) is 4.32. The highest BCUT2D eigenvalue weighted by atomic mass is 16.3. The zero-order valence-electron chi connectivity index (χ0n) is 9.42. The van der Waals surface area contributed by atoms with E-state index in [1.807, 2.05) is 0 Å². The third kappa shape index (κ3) is 2.01. The third-order valence-electron chi connectivity index (χ3n) is 2.52. The predicted octanol–water partition coefficient (Wildman–Crippen LogP) is 0.253. The molecule has 0 bridgehead atoms. The van der Waals surface area contributed by atoms with Crippen LogP contribution in [0.25, 0.3) is 0 Å². The summed E-state index contributed by atoms with van der Waals surface area (Å²) in [6, 6.07) is 4.72. The van der Waals surface area contributed by atoms with Gasteiger partial charge in [-0.3, -0.25) is 13.9 Å². The van der Waals surface area contributed by atoms with E-state index >= 15 is 0 Å². The number of anilines is 1. The van der Waals surface area contributed by atoms with Crippen LogP contribution in [-0.4, -0.2) is 9.13 Å². The molecule has 90 valence electrons. The van der Waals surface area contributed by atoms with Gasteiger partial charge in [0.2, 0.25) is 0 Å². The average Bonchev–Trinajstić information content (AvgIpc) is 2.77. The molecule has 0 aliphatic carbocycles. The lowest BCUT2D eigenvalue weighted by atomic mass is 10.4. The summed E-state index contributed by atoms with van der Waals surface area (Å²) in [6.45, 7) is 2.27. The Bertz CT molecular complexity index is 622. The molecule has 2 heterocycles. The molecule has 17 heavy (non-hydrogen) atoms. The Hall–Kier alpha value is -2.24. The first-order chi connectivity index (χ1) is 8.13. The number of hydrogen-bond donors (Lipinski definition) is 1. The fraction of sp³-hybridized carbons (Fsp3) is 0.273. The second-order valence-corrected chi connectivity index (χ2v) is 3.60. The molecule has 0 radical (unpaired) electrons. The van der Waals surface area contributed by atoms with E-state index in [9.17, 15) is 9.59 Å². The summed E-state index contributed by atoms with van der Waals surface area (Å²) in [7, 11) is 0. The molecule has 0 aliphatic heterocycles. The Kier molecular flexibility index (Phi) is 2.86. The smallest absolute Gasteiger partial charge is 0.332 e. The summed E-state index contributed by atoms with van der Waals surface area (Å²) in [5, 5.41) is 0. The zero-order valence-corrected chi connectivity index (χ0v) is 9.42. The molecule has 2 rings (SSSR count). The normalized spacial score (nSPS) is 10.6. The van der Waals surface area contributed by atoms with Gasteiger partial charge in [-0.25, -0.2) is 4.79 Å². The molecular weight excluding hydrogens is 222 g/mol. The van der Waals surface area contributed by atoms with Crippen LogP contribution in [0, 0.1) is 0 Å². The Morgan fingerprint density at radius 1 is 1.35 bits per heavy atom. The molecule has 2 aromatic heterocycles. The fourth-order valence-corrected chi connectivity index (χ4v) is 1.64. The molecule has 6 heteroatoms. The molecule has 6 nitrogen and oxygen atoms in total. The van der Waals surface area contributed by atoms with E-state index in [2.05, 4.69) is 0 Å². The Labute approximate surface area is 96.9 Å². The van der Waals surface area contributed by atoms with Crippen LogP contribution < -0.4 is 17.0 Å². The largest absolute Gasteiger partial charge is 0.467 e. The van der Waals surface area contributed by atoms with Crippen LogP contribution in [0.5, 0.6) is 0 Å². The summed E-state index contributed by atoms with van der Waals surface area (Å²) < 4.78 is 7.58. The highest BCUT2D eigenvalue weighted by Crippen LogP contribution is 2.04. The molecular formula is C11H13N3O3. The number of nitrogen functional groups attached to an aromatic ring is 1. The predicted molar refractivity (Wildman–Crippen MR) is 62.9 cm³/mol. The van der Waals surface area contributed by atoms with Crippen LogP contribution in [0.1, 0.15) is 12.7 Å². The van der Waals surface area contributed by atoms with Crippen molar-refractivity contribution in [1.29, 1.82) is 0 Å². The van der Waals surface area contributed by atoms with Gasteiger partial charge in [-0.2, -0.15) is 0 Å². The van der Waals surface area contributed by atoms with Crippen LogP contribution in [0.4, 0.5) is 5.82 Å². The maximum atomic E-state index is 12.0. The highest BCUT2D eigenvalue weighted by Gasteiger charge is 2.09. The van der Waals surface area contributed by atoms with Crippen LogP contribution >= 0.6 is 0 Å². The SMILES string of the molecule is CCn1c(=O)cc(N)n(Cc2ccco2)c1=O. The quantitative estimate of drug-likeness (QED) is 0.826. The van der Waals surface area contributed by atoms with Gasteiger partial charge in [-0.1, -0.05) is 0 Å². The highest BCUT2D eigenvalue weighted by molar-refractivity contribution is 5.27. The maximum Gasteiger partial charge on any atom is 0.332 e. The average molecular weight is 235 g/mol. The van der Waals surface area contributed by atoms with E-state index in [0.717, 1.165) is 4.57 Å². The lowest BCUT2D eigenvalue weighted by molar-refractivity contribution is 0.480. The number of nitrogens with two attached hydrogens (primary N) is 1. The Morgan fingerprint density at radius 2 is 2.12 bits per heavy atom. The van der Waals surface area contributed by atoms with E-state index in [4.69, 9.17) is 10.2 Å². The van der Waals surface area contributed by atoms with Gasteiger partial charge in [0.15, 0.2) is 0 Å². The minimum Gasteiger partial charge on any atom is -0.467 e. The van der Waals surface area contributed by atoms with Gasteiger partial charge < -0.3 is 10.2 Å². The molecule has 2 aromatic rings. The van der Waals surface area contributed by atoms with E-state index in [1.165, 1.54) is 16.9 Å². The van der Waals surface area contributed by atoms with Gasteiger partial charge in [0.1, 0.15) is 11.6 Å². The summed E-state index contributed by atoms with van der Waals surface area (Å²) in [4.78, 5) is 23.5. The number of hydrogen-bond acceptors (Lipinski definition) is 4. The summed E-state index contributed by atoms with van der Waals surface area (Å²) in [6.07, 6.45) is 1.52. The number of aromatic nitrogens is 2. The van der Waals surface area contributed by atoms with Gasteiger partial charge in [0, 0.05) is 12.6 Å². The molecule has 0 fully saturated rings. The number of rotatable bonds is 3. The zero-order chi connectivity index (χ0) is 12.4. The van der Waals surface area contributed by atoms with Crippen molar-refractivity contribution in [2.24, 2.45) is 0 Å². The maximum absolute atomic E-state index is 12.0. The number of nitrogens with zero attached hydrogens (tertiary/aromatic N) is 2. The van der Waals surface area contributed by atoms with Crippen molar-refractivity contribution < 1.29 is 4.42 Å². The monoisotopic (exact) mass is 235 g/mol. The van der Waals surface area contributed by atoms with E-state index in [1.54, 1.807) is 19.1 Å². The molecule has 0 saturated heterocycles. The molecule has 0 saturated carbocycles. The van der Waals surface area contributed by atoms with Gasteiger partial charge in [-0.05, 0) is 19.1 Å². The topological polar surface area (TPSA) is 83.2 Å². The lowest BCUT2D eigenvalue weighted by Crippen LogP contribution is -2.40. The Morgan fingerprint density at radius 3 is 2.71 bits per heavy atom. The minimum atomic E-state index is -0.422. The lowest BCUT2D eigenvalue weighted by Gasteiger charge is -2.10. The molecule has 0 aliphatic rings. The van der Waals surface area contributed by atoms with E-state index < -0.39 is 5.69 Å². The summed E-state index contributed by atoms with van der Waals surface area (Å²) >= 11 is 0. The summed E-state index contributed by atoms with van der Waals surface area (Å²) in [5.41, 5.74) is 4.86. The summed E-state index contributed by atoms with van der Waals surface area (Å²) in [5.74, 6) is 0.751. The molecule has 0 unspecified atom stereocenters. The van der Waals surface area contributed by atoms with Crippen LogP contribution in [-0.2, 0) is 13.1 Å². The molecule has 0 amide bonds. The first-order valence-corrected chi connectivity index (χ1v) is 5.26. The van der Waals surface area contributed by atoms with E-state index in [-0.39, 0.29) is 17.9 Å². The van der Waals surface area contributed by atoms with Gasteiger partial charge in [0.05, 0.1) is 12.8 Å². The van der Waals surface area contributed by atoms with Crippen LogP contribution in [0.2, 0.25) is 0 Å². The minimum absolute atomic E-state index is 0.140. The Balaban J connectivity index is 2.54. The first kappa shape index (κ1) is 11.3. The van der Waals surface area contributed by atoms with Crippen molar-refractivity contribution in [3.05, 3.63) is 51.1 Å². The molecule has 2 N–H and O–H groups in total. The second-order valence-electron chi connectivity index (χ2n) is 3.60. The van der Waals surface area contributed by atoms with Crippen molar-refractivity contribution in [2.45, 2.75) is 20.0 Å². The number of furan rings is 1. The fourth-order valence-electron chi connectivity index (χ4n) is 1.64. The third-order valence-corrected chi connectivity index (χ3v) is 2.52.